The first kappa shape index (κ1) is 17.6. The van der Waals surface area contributed by atoms with Crippen LogP contribution in [0.4, 0.5) is 0 Å². The molecule has 1 aliphatic rings. The quantitative estimate of drug-likeness (QED) is 0.602. The van der Waals surface area contributed by atoms with Gasteiger partial charge in [-0.2, -0.15) is 5.26 Å². The molecule has 26 heavy (non-hydrogen) atoms. The molecule has 0 radical (unpaired) electrons. The molecule has 0 bridgehead atoms. The van der Waals surface area contributed by atoms with Gasteiger partial charge in [-0.05, 0) is 25.0 Å². The van der Waals surface area contributed by atoms with Crippen molar-refractivity contribution in [2.75, 3.05) is 0 Å². The maximum Gasteiger partial charge on any atom is 0.349 e. The van der Waals surface area contributed by atoms with E-state index in [1.807, 2.05) is 54.6 Å². The fourth-order valence-corrected chi connectivity index (χ4v) is 3.43. The molecule has 0 saturated carbocycles. The van der Waals surface area contributed by atoms with Crippen molar-refractivity contribution in [3.63, 3.8) is 0 Å². The van der Waals surface area contributed by atoms with E-state index in [-0.39, 0.29) is 23.7 Å². The number of rotatable bonds is 5. The van der Waals surface area contributed by atoms with E-state index in [1.54, 1.807) is 26.0 Å². The SMILES string of the molecule is CC1=C(C#N)C(=O)O[C@]1(C)[C@H](CC(=O)c1ccccc1)c1ccccc1. The van der Waals surface area contributed by atoms with Crippen LogP contribution >= 0.6 is 0 Å². The second-order valence-corrected chi connectivity index (χ2v) is 6.56. The zero-order valence-corrected chi connectivity index (χ0v) is 14.7. The summed E-state index contributed by atoms with van der Waals surface area (Å²) in [6.45, 7) is 3.51. The number of esters is 1. The van der Waals surface area contributed by atoms with Gasteiger partial charge in [-0.15, -0.1) is 0 Å². The van der Waals surface area contributed by atoms with Gasteiger partial charge in [-0.25, -0.2) is 4.79 Å². The largest absolute Gasteiger partial charge is 0.450 e. The highest BCUT2D eigenvalue weighted by Crippen LogP contribution is 2.45. The molecule has 2 aromatic rings. The molecule has 2 aromatic carbocycles. The van der Waals surface area contributed by atoms with Crippen LogP contribution in [-0.4, -0.2) is 17.4 Å². The van der Waals surface area contributed by atoms with Crippen molar-refractivity contribution < 1.29 is 14.3 Å². The first-order valence-electron chi connectivity index (χ1n) is 8.45. The number of ketones is 1. The number of carbonyl (C=O) groups is 2. The molecule has 0 spiro atoms. The number of hydrogen-bond acceptors (Lipinski definition) is 4. The minimum atomic E-state index is -1.03. The molecule has 0 fully saturated rings. The molecule has 0 aliphatic carbocycles. The molecule has 0 amide bonds. The number of benzene rings is 2. The van der Waals surface area contributed by atoms with E-state index in [1.165, 1.54) is 0 Å². The van der Waals surface area contributed by atoms with Gasteiger partial charge in [0, 0.05) is 17.9 Å². The van der Waals surface area contributed by atoms with Gasteiger partial charge in [0.05, 0.1) is 0 Å². The summed E-state index contributed by atoms with van der Waals surface area (Å²) in [5, 5.41) is 9.28. The summed E-state index contributed by atoms with van der Waals surface area (Å²) < 4.78 is 5.63. The highest BCUT2D eigenvalue weighted by Gasteiger charge is 2.48. The predicted molar refractivity (Wildman–Crippen MR) is 97.4 cm³/mol. The molecular weight excluding hydrogens is 326 g/mol. The monoisotopic (exact) mass is 345 g/mol. The maximum absolute atomic E-state index is 12.8. The minimum Gasteiger partial charge on any atom is -0.450 e. The van der Waals surface area contributed by atoms with Gasteiger partial charge in [0.1, 0.15) is 17.2 Å². The Bertz CT molecular complexity index is 909. The number of nitriles is 1. The van der Waals surface area contributed by atoms with Crippen molar-refractivity contribution >= 4 is 11.8 Å². The third-order valence-corrected chi connectivity index (χ3v) is 5.09. The predicted octanol–water partition coefficient (Wildman–Crippen LogP) is 4.20. The van der Waals surface area contributed by atoms with Crippen LogP contribution in [0, 0.1) is 11.3 Å². The average molecular weight is 345 g/mol. The second-order valence-electron chi connectivity index (χ2n) is 6.56. The summed E-state index contributed by atoms with van der Waals surface area (Å²) in [4.78, 5) is 25.0. The summed E-state index contributed by atoms with van der Waals surface area (Å²) >= 11 is 0. The van der Waals surface area contributed by atoms with Crippen molar-refractivity contribution in [2.24, 2.45) is 0 Å². The normalized spacial score (nSPS) is 20.4. The second kappa shape index (κ2) is 6.97. The molecule has 130 valence electrons. The van der Waals surface area contributed by atoms with Crippen LogP contribution in [0.25, 0.3) is 0 Å². The summed E-state index contributed by atoms with van der Waals surface area (Å²) in [5.41, 5.74) is 1.07. The Morgan fingerprint density at radius 2 is 1.69 bits per heavy atom. The van der Waals surface area contributed by atoms with Crippen molar-refractivity contribution in [3.05, 3.63) is 82.9 Å². The van der Waals surface area contributed by atoms with Gasteiger partial charge < -0.3 is 4.74 Å². The van der Waals surface area contributed by atoms with E-state index in [0.717, 1.165) is 5.56 Å². The van der Waals surface area contributed by atoms with E-state index in [4.69, 9.17) is 4.74 Å². The number of cyclic esters (lactones) is 1. The molecular formula is C22H19NO3. The molecule has 1 heterocycles. The smallest absolute Gasteiger partial charge is 0.349 e. The summed E-state index contributed by atoms with van der Waals surface area (Å²) in [7, 11) is 0. The molecule has 3 rings (SSSR count). The van der Waals surface area contributed by atoms with Gasteiger partial charge in [0.15, 0.2) is 5.78 Å². The number of hydrogen-bond donors (Lipinski definition) is 0. The third kappa shape index (κ3) is 3.04. The zero-order valence-electron chi connectivity index (χ0n) is 14.7. The lowest BCUT2D eigenvalue weighted by Gasteiger charge is -2.34. The van der Waals surface area contributed by atoms with Crippen LogP contribution in [0.2, 0.25) is 0 Å². The highest BCUT2D eigenvalue weighted by molar-refractivity contribution is 5.98. The first-order valence-corrected chi connectivity index (χ1v) is 8.45. The Labute approximate surface area is 152 Å². The zero-order chi connectivity index (χ0) is 18.7. The van der Waals surface area contributed by atoms with E-state index < -0.39 is 11.6 Å². The Morgan fingerprint density at radius 3 is 2.23 bits per heavy atom. The summed E-state index contributed by atoms with van der Waals surface area (Å²) in [6.07, 6.45) is 0.174. The molecule has 0 N–H and O–H groups in total. The lowest BCUT2D eigenvalue weighted by atomic mass is 9.75. The fraction of sp³-hybridized carbons (Fsp3) is 0.227. The van der Waals surface area contributed by atoms with Gasteiger partial charge >= 0.3 is 5.97 Å². The molecule has 1 aliphatic heterocycles. The molecule has 0 unspecified atom stereocenters. The van der Waals surface area contributed by atoms with Crippen molar-refractivity contribution in [1.82, 2.24) is 0 Å². The minimum absolute atomic E-state index is 0.0283. The molecule has 0 saturated heterocycles. The Hall–Kier alpha value is -3.19. The van der Waals surface area contributed by atoms with Crippen molar-refractivity contribution in [2.45, 2.75) is 31.8 Å². The van der Waals surface area contributed by atoms with Gasteiger partial charge in [-0.3, -0.25) is 4.79 Å². The van der Waals surface area contributed by atoms with Gasteiger partial charge in [0.25, 0.3) is 0 Å². The Morgan fingerprint density at radius 1 is 1.12 bits per heavy atom. The van der Waals surface area contributed by atoms with Crippen LogP contribution in [0.3, 0.4) is 0 Å². The Balaban J connectivity index is 2.03. The van der Waals surface area contributed by atoms with Crippen LogP contribution in [0.1, 0.15) is 42.1 Å². The lowest BCUT2D eigenvalue weighted by Crippen LogP contribution is -2.36. The molecule has 2 atom stereocenters. The fourth-order valence-electron chi connectivity index (χ4n) is 3.43. The van der Waals surface area contributed by atoms with Crippen LogP contribution in [0.15, 0.2) is 71.8 Å². The third-order valence-electron chi connectivity index (χ3n) is 5.09. The maximum atomic E-state index is 12.8. The standard InChI is InChI=1S/C22H19NO3/c1-15-18(14-23)21(25)26-22(15,2)19(16-9-5-3-6-10-16)13-20(24)17-11-7-4-8-12-17/h3-12,19H,13H2,1-2H3/t19-,22+/m1/s1. The molecule has 4 nitrogen and oxygen atoms in total. The van der Waals surface area contributed by atoms with E-state index in [9.17, 15) is 14.9 Å². The van der Waals surface area contributed by atoms with Gasteiger partial charge in [-0.1, -0.05) is 60.7 Å². The molecule has 0 aromatic heterocycles. The van der Waals surface area contributed by atoms with Crippen LogP contribution in [-0.2, 0) is 9.53 Å². The van der Waals surface area contributed by atoms with Crippen molar-refractivity contribution in [1.29, 1.82) is 5.26 Å². The number of carbonyl (C=O) groups excluding carboxylic acids is 2. The van der Waals surface area contributed by atoms with Crippen LogP contribution in [0.5, 0.6) is 0 Å². The highest BCUT2D eigenvalue weighted by atomic mass is 16.6. The first-order chi connectivity index (χ1) is 12.5. The summed E-state index contributed by atoms with van der Waals surface area (Å²) in [6, 6.07) is 20.5. The summed E-state index contributed by atoms with van der Waals surface area (Å²) in [5.74, 6) is -1.04. The van der Waals surface area contributed by atoms with E-state index in [0.29, 0.717) is 11.1 Å². The van der Waals surface area contributed by atoms with Gasteiger partial charge in [0.2, 0.25) is 0 Å². The molecule has 4 heteroatoms. The topological polar surface area (TPSA) is 67.2 Å². The number of Topliss-reactive ketones (excluding diaryl/α,β-unsaturated/α-hetero) is 1. The van der Waals surface area contributed by atoms with Crippen LogP contribution < -0.4 is 0 Å². The lowest BCUT2D eigenvalue weighted by molar-refractivity contribution is -0.147. The average Bonchev–Trinajstić information content (AvgIpc) is 2.89. The van der Waals surface area contributed by atoms with Crippen molar-refractivity contribution in [3.8, 4) is 6.07 Å². The Kier molecular flexibility index (Phi) is 4.73. The van der Waals surface area contributed by atoms with E-state index >= 15 is 0 Å². The van der Waals surface area contributed by atoms with E-state index in [2.05, 4.69) is 0 Å². The number of ether oxygens (including phenoxy) is 1. The number of nitrogens with zero attached hydrogens (tertiary/aromatic N) is 1.